The Kier molecular flexibility index (Phi) is 6.43. The molecule has 3 aromatic rings. The van der Waals surface area contributed by atoms with Gasteiger partial charge in [-0.2, -0.15) is 0 Å². The number of alkyl halides is 1. The van der Waals surface area contributed by atoms with E-state index in [-0.39, 0.29) is 5.78 Å². The summed E-state index contributed by atoms with van der Waals surface area (Å²) in [5, 5.41) is 0.425. The highest BCUT2D eigenvalue weighted by molar-refractivity contribution is 9.09. The van der Waals surface area contributed by atoms with Crippen molar-refractivity contribution in [1.82, 2.24) is 0 Å². The van der Waals surface area contributed by atoms with Crippen LogP contribution in [0.25, 0.3) is 0 Å². The second kappa shape index (κ2) is 8.98. The van der Waals surface area contributed by atoms with Gasteiger partial charge in [-0.3, -0.25) is 4.79 Å². The third-order valence-electron chi connectivity index (χ3n) is 3.99. The van der Waals surface area contributed by atoms with Crippen molar-refractivity contribution in [1.29, 1.82) is 0 Å². The molecule has 0 spiro atoms. The van der Waals surface area contributed by atoms with Gasteiger partial charge in [0.15, 0.2) is 6.10 Å². The zero-order valence-corrected chi connectivity index (χ0v) is 16.6. The van der Waals surface area contributed by atoms with E-state index in [9.17, 15) is 9.59 Å². The first-order chi connectivity index (χ1) is 13.1. The van der Waals surface area contributed by atoms with E-state index in [2.05, 4.69) is 15.9 Å². The number of carbonyl (C=O) groups is 2. The summed E-state index contributed by atoms with van der Waals surface area (Å²) in [4.78, 5) is 25.2. The molecule has 0 heterocycles. The number of rotatable bonds is 6. The van der Waals surface area contributed by atoms with Crippen LogP contribution in [0.15, 0.2) is 84.9 Å². The van der Waals surface area contributed by atoms with Crippen LogP contribution >= 0.6 is 27.5 Å². The second-order valence-corrected chi connectivity index (χ2v) is 7.30. The van der Waals surface area contributed by atoms with Gasteiger partial charge in [-0.15, -0.1) is 0 Å². The molecule has 0 aliphatic carbocycles. The molecule has 3 aromatic carbocycles. The SMILES string of the molecule is O=C(O[C@@H](C(=O)c1ccccc1)[C@@H](Br)c1ccccc1)c1cccc(Cl)c1. The average Bonchev–Trinajstić information content (AvgIpc) is 2.72. The first-order valence-electron chi connectivity index (χ1n) is 8.31. The Morgan fingerprint density at radius 3 is 2.04 bits per heavy atom. The lowest BCUT2D eigenvalue weighted by Crippen LogP contribution is -2.31. The van der Waals surface area contributed by atoms with Crippen molar-refractivity contribution in [2.75, 3.05) is 0 Å². The summed E-state index contributed by atoms with van der Waals surface area (Å²) in [6, 6.07) is 24.6. The number of esters is 1. The predicted molar refractivity (Wildman–Crippen MR) is 110 cm³/mol. The minimum Gasteiger partial charge on any atom is -0.449 e. The normalized spacial score (nSPS) is 12.8. The molecular weight excluding hydrogens is 428 g/mol. The van der Waals surface area contributed by atoms with Crippen LogP contribution in [0.5, 0.6) is 0 Å². The van der Waals surface area contributed by atoms with E-state index in [4.69, 9.17) is 16.3 Å². The van der Waals surface area contributed by atoms with Gasteiger partial charge in [0.1, 0.15) is 0 Å². The molecule has 0 aliphatic rings. The monoisotopic (exact) mass is 442 g/mol. The number of benzene rings is 3. The predicted octanol–water partition coefficient (Wildman–Crippen LogP) is 5.88. The largest absolute Gasteiger partial charge is 0.449 e. The standard InChI is InChI=1S/C22H16BrClO3/c23-19(15-8-3-1-4-9-15)21(20(25)16-10-5-2-6-11-16)27-22(26)17-12-7-13-18(24)14-17/h1-14,19,21H/t19-,21+/m0/s1. The van der Waals surface area contributed by atoms with E-state index in [1.807, 2.05) is 36.4 Å². The number of ether oxygens (including phenoxy) is 1. The van der Waals surface area contributed by atoms with Crippen LogP contribution in [0, 0.1) is 0 Å². The molecule has 27 heavy (non-hydrogen) atoms. The number of hydrogen-bond donors (Lipinski definition) is 0. The van der Waals surface area contributed by atoms with Gasteiger partial charge >= 0.3 is 5.97 Å². The number of Topliss-reactive ketones (excluding diaryl/α,β-unsaturated/α-hetero) is 1. The summed E-state index contributed by atoms with van der Waals surface area (Å²) in [6.07, 6.45) is -1.03. The highest BCUT2D eigenvalue weighted by Gasteiger charge is 2.32. The highest BCUT2D eigenvalue weighted by Crippen LogP contribution is 2.31. The first-order valence-corrected chi connectivity index (χ1v) is 9.60. The lowest BCUT2D eigenvalue weighted by molar-refractivity contribution is 0.0282. The quantitative estimate of drug-likeness (QED) is 0.271. The topological polar surface area (TPSA) is 43.4 Å². The van der Waals surface area contributed by atoms with E-state index in [1.165, 1.54) is 6.07 Å². The summed E-state index contributed by atoms with van der Waals surface area (Å²) in [5.41, 5.74) is 1.61. The Bertz CT molecular complexity index is 929. The molecule has 0 amide bonds. The van der Waals surface area contributed by atoms with Gasteiger partial charge < -0.3 is 4.74 Å². The van der Waals surface area contributed by atoms with E-state index < -0.39 is 16.9 Å². The molecule has 0 unspecified atom stereocenters. The molecule has 0 bridgehead atoms. The molecule has 0 saturated heterocycles. The zero-order chi connectivity index (χ0) is 19.2. The van der Waals surface area contributed by atoms with Crippen molar-refractivity contribution < 1.29 is 14.3 Å². The van der Waals surface area contributed by atoms with Crippen molar-refractivity contribution in [3.05, 3.63) is 107 Å². The maximum atomic E-state index is 13.1. The van der Waals surface area contributed by atoms with Gasteiger partial charge in [-0.05, 0) is 23.8 Å². The molecule has 0 fully saturated rings. The fourth-order valence-electron chi connectivity index (χ4n) is 2.62. The number of ketones is 1. The van der Waals surface area contributed by atoms with E-state index >= 15 is 0 Å². The molecule has 0 aromatic heterocycles. The summed E-state index contributed by atoms with van der Waals surface area (Å²) in [7, 11) is 0. The van der Waals surface area contributed by atoms with Crippen LogP contribution in [0.3, 0.4) is 0 Å². The fourth-order valence-corrected chi connectivity index (χ4v) is 3.47. The number of halogens is 2. The number of hydrogen-bond acceptors (Lipinski definition) is 3. The molecule has 136 valence electrons. The van der Waals surface area contributed by atoms with E-state index in [0.717, 1.165) is 5.56 Å². The van der Waals surface area contributed by atoms with Crippen LogP contribution in [-0.2, 0) is 4.74 Å². The zero-order valence-electron chi connectivity index (χ0n) is 14.2. The van der Waals surface area contributed by atoms with Gasteiger partial charge in [0.2, 0.25) is 5.78 Å². The smallest absolute Gasteiger partial charge is 0.338 e. The summed E-state index contributed by atoms with van der Waals surface area (Å²) < 4.78 is 5.63. The molecule has 3 nitrogen and oxygen atoms in total. The Labute approximate surface area is 171 Å². The molecule has 5 heteroatoms. The Morgan fingerprint density at radius 1 is 0.815 bits per heavy atom. The lowest BCUT2D eigenvalue weighted by atomic mass is 9.99. The molecule has 0 aliphatic heterocycles. The van der Waals surface area contributed by atoms with E-state index in [0.29, 0.717) is 16.1 Å². The highest BCUT2D eigenvalue weighted by atomic mass is 79.9. The van der Waals surface area contributed by atoms with Crippen molar-refractivity contribution in [3.8, 4) is 0 Å². The van der Waals surface area contributed by atoms with Crippen molar-refractivity contribution >= 4 is 39.3 Å². The molecule has 2 atom stereocenters. The van der Waals surface area contributed by atoms with Gasteiger partial charge in [0.25, 0.3) is 0 Å². The van der Waals surface area contributed by atoms with Crippen LogP contribution < -0.4 is 0 Å². The third-order valence-corrected chi connectivity index (χ3v) is 5.24. The molecule has 0 N–H and O–H groups in total. The van der Waals surface area contributed by atoms with Crippen molar-refractivity contribution in [3.63, 3.8) is 0 Å². The van der Waals surface area contributed by atoms with Crippen LogP contribution in [0.4, 0.5) is 0 Å². The number of carbonyl (C=O) groups excluding carboxylic acids is 2. The first kappa shape index (κ1) is 19.3. The van der Waals surface area contributed by atoms with Crippen LogP contribution in [0.2, 0.25) is 5.02 Å². The fraction of sp³-hybridized carbons (Fsp3) is 0.0909. The Hall–Kier alpha value is -2.43. The van der Waals surface area contributed by atoms with Crippen molar-refractivity contribution in [2.45, 2.75) is 10.9 Å². The van der Waals surface area contributed by atoms with Gasteiger partial charge in [-0.25, -0.2) is 4.79 Å². The van der Waals surface area contributed by atoms with Crippen LogP contribution in [-0.4, -0.2) is 17.9 Å². The van der Waals surface area contributed by atoms with Crippen LogP contribution in [0.1, 0.15) is 31.1 Å². The van der Waals surface area contributed by atoms with Gasteiger partial charge in [-0.1, -0.05) is 94.3 Å². The van der Waals surface area contributed by atoms with Gasteiger partial charge in [0.05, 0.1) is 10.4 Å². The lowest BCUT2D eigenvalue weighted by Gasteiger charge is -2.22. The molecule has 0 radical (unpaired) electrons. The third kappa shape index (κ3) is 4.85. The second-order valence-electron chi connectivity index (χ2n) is 5.88. The maximum Gasteiger partial charge on any atom is 0.338 e. The molecule has 0 saturated carbocycles. The Morgan fingerprint density at radius 2 is 1.41 bits per heavy atom. The summed E-state index contributed by atoms with van der Waals surface area (Å²) >= 11 is 9.50. The maximum absolute atomic E-state index is 13.1. The molecular formula is C22H16BrClO3. The van der Waals surface area contributed by atoms with E-state index in [1.54, 1.807) is 42.5 Å². The van der Waals surface area contributed by atoms with Gasteiger partial charge in [0, 0.05) is 10.6 Å². The summed E-state index contributed by atoms with van der Waals surface area (Å²) in [6.45, 7) is 0. The average molecular weight is 444 g/mol. The Balaban J connectivity index is 1.92. The minimum absolute atomic E-state index is 0.281. The van der Waals surface area contributed by atoms with Crippen molar-refractivity contribution in [2.24, 2.45) is 0 Å². The summed E-state index contributed by atoms with van der Waals surface area (Å²) in [5.74, 6) is -0.885. The minimum atomic E-state index is -1.03. The molecule has 3 rings (SSSR count).